The molecule has 212 valence electrons. The standard InChI is InChI=1S/C31H31ClN4O5/c1-35-10-8-20(9-11-35)36-30(39)23-12-18-13-27(34-26(18)15-24(23)31(36)40)29-25(6-3-7-28(29)38)33-16-21(37)17-41-22-5-2-4-19(32)14-22/h2-6,12,14-15,20-21,34,37H,7-11,13,16-17H2,1H3. The molecule has 2 aromatic carbocycles. The molecule has 0 spiro atoms. The number of hydrogen-bond acceptors (Lipinski definition) is 8. The molecule has 0 radical (unpaired) electrons. The van der Waals surface area contributed by atoms with Gasteiger partial charge in [0.1, 0.15) is 18.5 Å². The van der Waals surface area contributed by atoms with Crippen molar-refractivity contribution in [2.24, 2.45) is 4.99 Å². The van der Waals surface area contributed by atoms with Crippen molar-refractivity contribution in [2.75, 3.05) is 38.6 Å². The van der Waals surface area contributed by atoms with Crippen molar-refractivity contribution in [3.63, 3.8) is 0 Å². The Kier molecular flexibility index (Phi) is 7.50. The molecule has 0 bridgehead atoms. The number of Topliss-reactive ketones (excluding diaryl/α,β-unsaturated/α-hetero) is 1. The first-order valence-corrected chi connectivity index (χ1v) is 14.2. The fourth-order valence-corrected chi connectivity index (χ4v) is 5.99. The highest BCUT2D eigenvalue weighted by Gasteiger charge is 2.42. The number of hydrogen-bond donors (Lipinski definition) is 2. The van der Waals surface area contributed by atoms with E-state index in [0.717, 1.165) is 31.5 Å². The average Bonchev–Trinajstić information content (AvgIpc) is 3.47. The molecule has 3 heterocycles. The zero-order valence-corrected chi connectivity index (χ0v) is 23.5. The number of likely N-dealkylation sites (tertiary alicyclic amines) is 1. The van der Waals surface area contributed by atoms with E-state index in [9.17, 15) is 19.5 Å². The number of piperidine rings is 1. The number of benzene rings is 2. The Labute approximate surface area is 243 Å². The number of carbonyl (C=O) groups is 3. The monoisotopic (exact) mass is 574 g/mol. The van der Waals surface area contributed by atoms with E-state index in [4.69, 9.17) is 16.3 Å². The number of halogens is 1. The number of rotatable bonds is 6. The van der Waals surface area contributed by atoms with Crippen molar-refractivity contribution in [3.05, 3.63) is 81.5 Å². The van der Waals surface area contributed by atoms with Crippen molar-refractivity contribution in [1.82, 2.24) is 9.80 Å². The van der Waals surface area contributed by atoms with Gasteiger partial charge in [0.2, 0.25) is 0 Å². The van der Waals surface area contributed by atoms with Crippen LogP contribution in [0, 0.1) is 0 Å². The van der Waals surface area contributed by atoms with Crippen molar-refractivity contribution < 1.29 is 24.2 Å². The van der Waals surface area contributed by atoms with Gasteiger partial charge in [-0.25, -0.2) is 0 Å². The van der Waals surface area contributed by atoms with Gasteiger partial charge in [-0.15, -0.1) is 0 Å². The van der Waals surface area contributed by atoms with E-state index < -0.39 is 6.10 Å². The SMILES string of the molecule is CN1CCC(N2C(=O)c3cc4c(cc3C2=O)NC(=C2C(=O)CC=CC2=NCC(O)COc2cccc(Cl)c2)C4)CC1. The number of anilines is 1. The highest BCUT2D eigenvalue weighted by molar-refractivity contribution is 6.30. The van der Waals surface area contributed by atoms with E-state index in [0.29, 0.717) is 51.0 Å². The number of allylic oxidation sites excluding steroid dienone is 4. The molecule has 1 unspecified atom stereocenters. The zero-order chi connectivity index (χ0) is 28.7. The van der Waals surface area contributed by atoms with Crippen LogP contribution >= 0.6 is 11.6 Å². The molecule has 3 aliphatic heterocycles. The molecule has 41 heavy (non-hydrogen) atoms. The maximum atomic E-state index is 13.3. The number of amides is 2. The molecule has 6 rings (SSSR count). The number of ketones is 1. The van der Waals surface area contributed by atoms with Crippen LogP contribution in [0.5, 0.6) is 5.75 Å². The Morgan fingerprint density at radius 2 is 1.88 bits per heavy atom. The Morgan fingerprint density at radius 1 is 1.12 bits per heavy atom. The summed E-state index contributed by atoms with van der Waals surface area (Å²) < 4.78 is 5.61. The Balaban J connectivity index is 1.19. The predicted octanol–water partition coefficient (Wildman–Crippen LogP) is 3.66. The minimum atomic E-state index is -0.889. The van der Waals surface area contributed by atoms with Crippen LogP contribution in [0.4, 0.5) is 5.69 Å². The minimum Gasteiger partial charge on any atom is -0.491 e. The van der Waals surface area contributed by atoms with Gasteiger partial charge >= 0.3 is 0 Å². The number of aliphatic hydroxyl groups is 1. The summed E-state index contributed by atoms with van der Waals surface area (Å²) in [5.41, 5.74) is 4.01. The summed E-state index contributed by atoms with van der Waals surface area (Å²) in [7, 11) is 2.04. The second-order valence-electron chi connectivity index (χ2n) is 10.9. The molecule has 10 heteroatoms. The molecule has 2 aromatic rings. The van der Waals surface area contributed by atoms with Crippen LogP contribution in [0.25, 0.3) is 0 Å². The third-order valence-electron chi connectivity index (χ3n) is 7.97. The fourth-order valence-electron chi connectivity index (χ4n) is 5.81. The van der Waals surface area contributed by atoms with E-state index in [1.807, 2.05) is 7.05 Å². The van der Waals surface area contributed by atoms with Gasteiger partial charge in [-0.3, -0.25) is 24.3 Å². The predicted molar refractivity (Wildman–Crippen MR) is 156 cm³/mol. The van der Waals surface area contributed by atoms with Crippen LogP contribution in [0.15, 0.2) is 64.8 Å². The van der Waals surface area contributed by atoms with Gasteiger partial charge in [0.15, 0.2) is 5.78 Å². The highest BCUT2D eigenvalue weighted by atomic mass is 35.5. The lowest BCUT2D eigenvalue weighted by Gasteiger charge is -2.33. The largest absolute Gasteiger partial charge is 0.491 e. The maximum absolute atomic E-state index is 13.3. The molecule has 0 saturated carbocycles. The summed E-state index contributed by atoms with van der Waals surface area (Å²) in [4.78, 5) is 47.8. The second kappa shape index (κ2) is 11.2. The van der Waals surface area contributed by atoms with Crippen LogP contribution in [0.2, 0.25) is 5.02 Å². The van der Waals surface area contributed by atoms with Crippen LogP contribution in [-0.4, -0.2) is 83.7 Å². The lowest BCUT2D eigenvalue weighted by molar-refractivity contribution is -0.114. The van der Waals surface area contributed by atoms with Gasteiger partial charge in [-0.1, -0.05) is 23.7 Å². The smallest absolute Gasteiger partial charge is 0.261 e. The number of aliphatic imine (C=N–C) groups is 1. The van der Waals surface area contributed by atoms with Crippen LogP contribution in [0.3, 0.4) is 0 Å². The number of fused-ring (bicyclic) bond motifs is 2. The molecule has 1 aliphatic carbocycles. The van der Waals surface area contributed by atoms with Gasteiger partial charge < -0.3 is 20.1 Å². The first kappa shape index (κ1) is 27.4. The maximum Gasteiger partial charge on any atom is 0.261 e. The van der Waals surface area contributed by atoms with Crippen molar-refractivity contribution in [1.29, 1.82) is 0 Å². The normalized spacial score (nSPS) is 22.8. The number of carbonyl (C=O) groups excluding carboxylic acids is 3. The molecule has 1 fully saturated rings. The summed E-state index contributed by atoms with van der Waals surface area (Å²) in [6.07, 6.45) is 4.85. The third-order valence-corrected chi connectivity index (χ3v) is 8.21. The lowest BCUT2D eigenvalue weighted by atomic mass is 9.94. The number of ether oxygens (including phenoxy) is 1. The second-order valence-corrected chi connectivity index (χ2v) is 11.3. The van der Waals surface area contributed by atoms with Crippen molar-refractivity contribution in [2.45, 2.75) is 37.8 Å². The van der Waals surface area contributed by atoms with Crippen molar-refractivity contribution >= 4 is 40.6 Å². The molecule has 2 N–H and O–H groups in total. The van der Waals surface area contributed by atoms with Gasteiger partial charge in [0.25, 0.3) is 11.8 Å². The summed E-state index contributed by atoms with van der Waals surface area (Å²) in [6.45, 7) is 1.77. The Morgan fingerprint density at radius 3 is 2.63 bits per heavy atom. The van der Waals surface area contributed by atoms with Crippen molar-refractivity contribution in [3.8, 4) is 5.75 Å². The Bertz CT molecular complexity index is 1480. The average molecular weight is 575 g/mol. The molecule has 4 aliphatic rings. The fraction of sp³-hybridized carbons (Fsp3) is 0.355. The van der Waals surface area contributed by atoms with Gasteiger partial charge in [0, 0.05) is 35.3 Å². The molecule has 0 aromatic heterocycles. The molecular formula is C31H31ClN4O5. The third kappa shape index (κ3) is 5.45. The summed E-state index contributed by atoms with van der Waals surface area (Å²) >= 11 is 5.98. The number of nitrogens with zero attached hydrogens (tertiary/aromatic N) is 3. The van der Waals surface area contributed by atoms with E-state index in [-0.39, 0.29) is 43.2 Å². The van der Waals surface area contributed by atoms with Crippen LogP contribution < -0.4 is 10.1 Å². The van der Waals surface area contributed by atoms with Crippen LogP contribution in [0.1, 0.15) is 45.5 Å². The number of imide groups is 1. The number of aliphatic hydroxyl groups excluding tert-OH is 1. The topological polar surface area (TPSA) is 112 Å². The van der Waals surface area contributed by atoms with Gasteiger partial charge in [-0.2, -0.15) is 0 Å². The number of nitrogens with one attached hydrogen (secondary N) is 1. The molecule has 9 nitrogen and oxygen atoms in total. The zero-order valence-electron chi connectivity index (χ0n) is 22.7. The Hall–Kier alpha value is -3.79. The van der Waals surface area contributed by atoms with Gasteiger partial charge in [0.05, 0.1) is 29.0 Å². The first-order chi connectivity index (χ1) is 19.8. The van der Waals surface area contributed by atoms with E-state index >= 15 is 0 Å². The van der Waals surface area contributed by atoms with E-state index in [1.54, 1.807) is 48.6 Å². The molecule has 1 saturated heterocycles. The molecule has 2 amide bonds. The molecular weight excluding hydrogens is 544 g/mol. The van der Waals surface area contributed by atoms with Crippen LogP contribution in [-0.2, 0) is 11.2 Å². The summed E-state index contributed by atoms with van der Waals surface area (Å²) in [6, 6.07) is 10.4. The summed E-state index contributed by atoms with van der Waals surface area (Å²) in [5.74, 6) is -0.0279. The first-order valence-electron chi connectivity index (χ1n) is 13.8. The summed E-state index contributed by atoms with van der Waals surface area (Å²) in [5, 5.41) is 14.3. The quantitative estimate of drug-likeness (QED) is 0.400. The van der Waals surface area contributed by atoms with Gasteiger partial charge in [-0.05, 0) is 75.0 Å². The van der Waals surface area contributed by atoms with E-state index in [2.05, 4.69) is 15.2 Å². The highest BCUT2D eigenvalue weighted by Crippen LogP contribution is 2.38. The minimum absolute atomic E-state index is 0.0204. The molecule has 1 atom stereocenters. The van der Waals surface area contributed by atoms with E-state index in [1.165, 1.54) is 4.90 Å². The lowest BCUT2D eigenvalue weighted by Crippen LogP contribution is -2.46.